The minimum Gasteiger partial charge on any atom is -0.464 e. The molecule has 0 atom stereocenters. The van der Waals surface area contributed by atoms with Crippen LogP contribution in [0.3, 0.4) is 0 Å². The zero-order valence-corrected chi connectivity index (χ0v) is 17.8. The number of unbranched alkanes of at least 4 members (excludes halogenated alkanes) is 1. The number of ether oxygens (including phenoxy) is 1. The molecule has 0 saturated heterocycles. The summed E-state index contributed by atoms with van der Waals surface area (Å²) in [7, 11) is -3.69. The van der Waals surface area contributed by atoms with Gasteiger partial charge in [0.05, 0.1) is 17.2 Å². The number of carbonyl (C=O) groups is 2. The fourth-order valence-electron chi connectivity index (χ4n) is 3.61. The van der Waals surface area contributed by atoms with Gasteiger partial charge >= 0.3 is 5.97 Å². The van der Waals surface area contributed by atoms with Crippen LogP contribution in [0.1, 0.15) is 44.0 Å². The lowest BCUT2D eigenvalue weighted by Gasteiger charge is -2.20. The van der Waals surface area contributed by atoms with Gasteiger partial charge in [-0.15, -0.1) is 0 Å². The van der Waals surface area contributed by atoms with Crippen molar-refractivity contribution in [2.24, 2.45) is 0 Å². The molecule has 156 valence electrons. The lowest BCUT2D eigenvalue weighted by molar-refractivity contribution is -0.141. The number of amides is 1. The molecule has 1 aliphatic heterocycles. The maximum Gasteiger partial charge on any atom is 0.326 e. The van der Waals surface area contributed by atoms with E-state index in [2.05, 4.69) is 0 Å². The van der Waals surface area contributed by atoms with E-state index in [4.69, 9.17) is 4.74 Å². The smallest absolute Gasteiger partial charge is 0.326 e. The summed E-state index contributed by atoms with van der Waals surface area (Å²) in [5.74, 6) is -0.803. The van der Waals surface area contributed by atoms with Crippen molar-refractivity contribution in [1.29, 1.82) is 0 Å². The van der Waals surface area contributed by atoms with Crippen LogP contribution in [0.25, 0.3) is 10.8 Å². The highest BCUT2D eigenvalue weighted by atomic mass is 32.2. The molecule has 2 aromatic carbocycles. The van der Waals surface area contributed by atoms with Gasteiger partial charge in [-0.25, -0.2) is 8.42 Å². The van der Waals surface area contributed by atoms with Crippen LogP contribution in [0.2, 0.25) is 0 Å². The topological polar surface area (TPSA) is 84.0 Å². The Morgan fingerprint density at radius 3 is 2.48 bits per heavy atom. The molecule has 3 rings (SSSR count). The molecule has 0 radical (unpaired) electrons. The number of carbonyl (C=O) groups excluding carboxylic acids is 2. The summed E-state index contributed by atoms with van der Waals surface area (Å²) in [6, 6.07) is 8.15. The molecule has 8 heteroatoms. The van der Waals surface area contributed by atoms with Crippen molar-refractivity contribution in [2.45, 2.75) is 38.5 Å². The van der Waals surface area contributed by atoms with Crippen LogP contribution in [-0.2, 0) is 19.6 Å². The molecule has 1 aliphatic rings. The first-order valence-electron chi connectivity index (χ1n) is 9.90. The third-order valence-corrected chi connectivity index (χ3v) is 7.22. The molecule has 0 saturated carbocycles. The predicted molar refractivity (Wildman–Crippen MR) is 112 cm³/mol. The molecule has 1 amide bonds. The van der Waals surface area contributed by atoms with E-state index in [0.29, 0.717) is 41.7 Å². The summed E-state index contributed by atoms with van der Waals surface area (Å²) in [4.78, 5) is 26.6. The molecule has 2 aromatic rings. The van der Waals surface area contributed by atoms with E-state index in [0.717, 1.165) is 12.8 Å². The fraction of sp³-hybridized carbons (Fsp3) is 0.429. The minimum absolute atomic E-state index is 0.168. The summed E-state index contributed by atoms with van der Waals surface area (Å²) >= 11 is 0. The fourth-order valence-corrected chi connectivity index (χ4v) is 5.25. The first-order chi connectivity index (χ1) is 13.9. The zero-order chi connectivity index (χ0) is 21.2. The standard InChI is InChI=1S/C21H26N2O5S/c1-4-7-13-28-19(24)14-23-17-11-12-18(29(26,27)22(5-2)6-3)15-9-8-10-16(20(15)17)21(23)25/h8-12H,4-7,13-14H2,1-3H3. The van der Waals surface area contributed by atoms with Crippen LogP contribution in [0, 0.1) is 0 Å². The van der Waals surface area contributed by atoms with Crippen LogP contribution in [-0.4, -0.2) is 50.8 Å². The van der Waals surface area contributed by atoms with E-state index < -0.39 is 16.0 Å². The van der Waals surface area contributed by atoms with Crippen LogP contribution in [0.5, 0.6) is 0 Å². The summed E-state index contributed by atoms with van der Waals surface area (Å²) in [5, 5.41) is 1.05. The highest BCUT2D eigenvalue weighted by Gasteiger charge is 2.34. The largest absolute Gasteiger partial charge is 0.464 e. The second-order valence-corrected chi connectivity index (χ2v) is 8.77. The van der Waals surface area contributed by atoms with E-state index in [1.54, 1.807) is 38.1 Å². The van der Waals surface area contributed by atoms with Crippen LogP contribution >= 0.6 is 0 Å². The van der Waals surface area contributed by atoms with Crippen LogP contribution in [0.4, 0.5) is 5.69 Å². The second kappa shape index (κ2) is 8.51. The average Bonchev–Trinajstić information content (AvgIpc) is 2.96. The van der Waals surface area contributed by atoms with E-state index in [9.17, 15) is 18.0 Å². The first kappa shape index (κ1) is 21.3. The number of esters is 1. The van der Waals surface area contributed by atoms with Gasteiger partial charge in [0.2, 0.25) is 10.0 Å². The minimum atomic E-state index is -3.69. The Labute approximate surface area is 171 Å². The van der Waals surface area contributed by atoms with Gasteiger partial charge in [0.1, 0.15) is 6.54 Å². The lowest BCUT2D eigenvalue weighted by Crippen LogP contribution is -2.33. The lowest BCUT2D eigenvalue weighted by atomic mass is 10.1. The monoisotopic (exact) mass is 418 g/mol. The van der Waals surface area contributed by atoms with Gasteiger partial charge in [-0.05, 0) is 24.6 Å². The maximum absolute atomic E-state index is 13.1. The Kier molecular flexibility index (Phi) is 6.24. The van der Waals surface area contributed by atoms with Gasteiger partial charge in [-0.1, -0.05) is 39.3 Å². The van der Waals surface area contributed by atoms with E-state index >= 15 is 0 Å². The number of sulfonamides is 1. The molecule has 0 spiro atoms. The second-order valence-electron chi connectivity index (χ2n) is 6.87. The zero-order valence-electron chi connectivity index (χ0n) is 17.0. The number of hydrogen-bond donors (Lipinski definition) is 0. The highest BCUT2D eigenvalue weighted by molar-refractivity contribution is 7.89. The molecule has 0 aliphatic carbocycles. The molecule has 0 fully saturated rings. The van der Waals surface area contributed by atoms with Crippen molar-refractivity contribution in [3.05, 3.63) is 35.9 Å². The molecule has 0 bridgehead atoms. The quantitative estimate of drug-likeness (QED) is 0.461. The Morgan fingerprint density at radius 1 is 1.10 bits per heavy atom. The first-order valence-corrected chi connectivity index (χ1v) is 11.3. The summed E-state index contributed by atoms with van der Waals surface area (Å²) in [5.41, 5.74) is 0.932. The summed E-state index contributed by atoms with van der Waals surface area (Å²) in [6.07, 6.45) is 1.67. The molecular weight excluding hydrogens is 392 g/mol. The number of hydrogen-bond acceptors (Lipinski definition) is 5. The average molecular weight is 419 g/mol. The SMILES string of the molecule is CCCCOC(=O)CN1C(=O)c2cccc3c(S(=O)(=O)N(CC)CC)ccc1c23. The Bertz CT molecular complexity index is 1040. The number of rotatable bonds is 9. The van der Waals surface area contributed by atoms with E-state index in [-0.39, 0.29) is 17.3 Å². The van der Waals surface area contributed by atoms with Crippen molar-refractivity contribution in [1.82, 2.24) is 4.31 Å². The maximum atomic E-state index is 13.1. The van der Waals surface area contributed by atoms with Crippen LogP contribution < -0.4 is 4.90 Å². The predicted octanol–water partition coefficient (Wildman–Crippen LogP) is 3.17. The number of nitrogens with zero attached hydrogens (tertiary/aromatic N) is 2. The molecule has 29 heavy (non-hydrogen) atoms. The molecule has 0 aromatic heterocycles. The normalized spacial score (nSPS) is 13.5. The molecule has 1 heterocycles. The van der Waals surface area contributed by atoms with Gasteiger partial charge < -0.3 is 4.74 Å². The molecular formula is C21H26N2O5S. The van der Waals surface area contributed by atoms with E-state index in [1.807, 2.05) is 6.92 Å². The van der Waals surface area contributed by atoms with Crippen LogP contribution in [0.15, 0.2) is 35.2 Å². The van der Waals surface area contributed by atoms with Gasteiger partial charge in [-0.2, -0.15) is 4.31 Å². The van der Waals surface area contributed by atoms with Crippen molar-refractivity contribution in [3.8, 4) is 0 Å². The Hall–Kier alpha value is -2.45. The van der Waals surface area contributed by atoms with Crippen molar-refractivity contribution in [2.75, 3.05) is 31.1 Å². The summed E-state index contributed by atoms with van der Waals surface area (Å²) < 4.78 is 32.8. The Morgan fingerprint density at radius 2 is 1.83 bits per heavy atom. The van der Waals surface area contributed by atoms with Crippen molar-refractivity contribution >= 4 is 38.4 Å². The Balaban J connectivity index is 2.03. The third-order valence-electron chi connectivity index (χ3n) is 5.12. The van der Waals surface area contributed by atoms with Crippen molar-refractivity contribution < 1.29 is 22.7 Å². The number of anilines is 1. The van der Waals surface area contributed by atoms with Gasteiger partial charge in [0.15, 0.2) is 0 Å². The van der Waals surface area contributed by atoms with Crippen molar-refractivity contribution in [3.63, 3.8) is 0 Å². The van der Waals surface area contributed by atoms with Gasteiger partial charge in [0, 0.05) is 29.4 Å². The molecule has 0 unspecified atom stereocenters. The highest BCUT2D eigenvalue weighted by Crippen LogP contribution is 2.40. The number of benzene rings is 2. The summed E-state index contributed by atoms with van der Waals surface area (Å²) in [6.45, 7) is 6.41. The third kappa shape index (κ3) is 3.74. The van der Waals surface area contributed by atoms with E-state index in [1.165, 1.54) is 15.3 Å². The molecule has 7 nitrogen and oxygen atoms in total. The molecule has 0 N–H and O–H groups in total. The van der Waals surface area contributed by atoms with Gasteiger partial charge in [-0.3, -0.25) is 14.5 Å². The van der Waals surface area contributed by atoms with Gasteiger partial charge in [0.25, 0.3) is 5.91 Å².